The summed E-state index contributed by atoms with van der Waals surface area (Å²) in [6.07, 6.45) is 2.28. The zero-order chi connectivity index (χ0) is 15.6. The molecule has 0 fully saturated rings. The van der Waals surface area contributed by atoms with Crippen molar-refractivity contribution in [1.29, 1.82) is 0 Å². The van der Waals surface area contributed by atoms with Gasteiger partial charge in [0.2, 0.25) is 0 Å². The monoisotopic (exact) mass is 323 g/mol. The van der Waals surface area contributed by atoms with E-state index < -0.39 is 22.8 Å². The Morgan fingerprint density at radius 1 is 0.900 bits per heavy atom. The molecule has 0 heterocycles. The molecule has 1 radical (unpaired) electrons. The zero-order valence-corrected chi connectivity index (χ0v) is 15.4. The quantitative estimate of drug-likeness (QED) is 0.554. The van der Waals surface area contributed by atoms with Crippen LogP contribution in [0.4, 0.5) is 0 Å². The predicted octanol–water partition coefficient (Wildman–Crippen LogP) is 0.856. The predicted molar refractivity (Wildman–Crippen MR) is 74.4 cm³/mol. The van der Waals surface area contributed by atoms with Crippen LogP contribution in [0.1, 0.15) is 61.3 Å². The van der Waals surface area contributed by atoms with Gasteiger partial charge in [-0.1, -0.05) is 13.3 Å². The maximum absolute atomic E-state index is 10.0. The first-order valence-corrected chi connectivity index (χ1v) is 6.06. The van der Waals surface area contributed by atoms with E-state index in [1.807, 2.05) is 0 Å². The molecule has 0 aliphatic heterocycles. The molecule has 0 saturated carbocycles. The second-order valence-corrected chi connectivity index (χ2v) is 5.96. The first kappa shape index (κ1) is 32.1. The molecule has 117 valence electrons. The summed E-state index contributed by atoms with van der Waals surface area (Å²) in [5.74, 6) is -1.51. The third-order valence-electron chi connectivity index (χ3n) is 1.64. The van der Waals surface area contributed by atoms with E-state index >= 15 is 0 Å². The first-order valence-electron chi connectivity index (χ1n) is 6.06. The minimum Gasteiger partial charge on any atom is -0.481 e. The van der Waals surface area contributed by atoms with Crippen LogP contribution in [0.5, 0.6) is 0 Å². The molecule has 0 spiro atoms. The Bertz CT molecular complexity index is 217. The SMILES string of the molecule is CC(C)(C)C(=O)O.CC(C)(C)C(=O)O.[CH2-]CCC.[Li+].[Mn]. The molecule has 0 aromatic heterocycles. The van der Waals surface area contributed by atoms with Gasteiger partial charge < -0.3 is 17.1 Å². The van der Waals surface area contributed by atoms with Crippen molar-refractivity contribution in [2.75, 3.05) is 0 Å². The van der Waals surface area contributed by atoms with Gasteiger partial charge in [-0.15, -0.1) is 0 Å². The van der Waals surface area contributed by atoms with Gasteiger partial charge in [-0.05, 0) is 41.5 Å². The minimum absolute atomic E-state index is 0. The molecule has 0 aliphatic carbocycles. The maximum atomic E-state index is 10.0. The molecule has 2 N–H and O–H groups in total. The fraction of sp³-hybridized carbons (Fsp3) is 0.786. The van der Waals surface area contributed by atoms with Crippen LogP contribution < -0.4 is 18.9 Å². The van der Waals surface area contributed by atoms with Crippen LogP contribution in [0.15, 0.2) is 0 Å². The third-order valence-corrected chi connectivity index (χ3v) is 1.64. The van der Waals surface area contributed by atoms with Gasteiger partial charge in [-0.25, -0.2) is 0 Å². The Labute approximate surface area is 146 Å². The van der Waals surface area contributed by atoms with E-state index in [1.54, 1.807) is 41.5 Å². The molecule has 6 heteroatoms. The van der Waals surface area contributed by atoms with Crippen molar-refractivity contribution in [3.63, 3.8) is 0 Å². The summed E-state index contributed by atoms with van der Waals surface area (Å²) in [7, 11) is 0. The molecule has 0 saturated heterocycles. The number of unbranched alkanes of at least 4 members (excludes halogenated alkanes) is 1. The van der Waals surface area contributed by atoms with E-state index in [2.05, 4.69) is 13.8 Å². The zero-order valence-electron chi connectivity index (χ0n) is 14.2. The molecule has 20 heavy (non-hydrogen) atoms. The van der Waals surface area contributed by atoms with E-state index in [0.29, 0.717) is 0 Å². The Kier molecular flexibility index (Phi) is 24.8. The average molecular weight is 323 g/mol. The summed E-state index contributed by atoms with van der Waals surface area (Å²) < 4.78 is 0. The molecule has 0 amide bonds. The topological polar surface area (TPSA) is 74.6 Å². The van der Waals surface area contributed by atoms with Gasteiger partial charge in [0, 0.05) is 17.1 Å². The number of rotatable bonds is 1. The molecule has 0 atom stereocenters. The van der Waals surface area contributed by atoms with Crippen molar-refractivity contribution in [2.45, 2.75) is 61.3 Å². The molecule has 0 bridgehead atoms. The Morgan fingerprint density at radius 2 is 1.00 bits per heavy atom. The smallest absolute Gasteiger partial charge is 0.481 e. The summed E-state index contributed by atoms with van der Waals surface area (Å²) in [5.41, 5.74) is -1.17. The largest absolute Gasteiger partial charge is 1.00 e. The first-order chi connectivity index (χ1) is 7.80. The molecule has 4 nitrogen and oxygen atoms in total. The fourth-order valence-corrected chi connectivity index (χ4v) is 0. The van der Waals surface area contributed by atoms with E-state index in [0.717, 1.165) is 6.42 Å². The van der Waals surface area contributed by atoms with Crippen LogP contribution >= 0.6 is 0 Å². The number of hydrogen-bond donors (Lipinski definition) is 2. The van der Waals surface area contributed by atoms with Crippen LogP contribution in [-0.2, 0) is 26.7 Å². The van der Waals surface area contributed by atoms with Gasteiger partial charge in [0.05, 0.1) is 10.8 Å². The molecular formula is C14H29LiMnO4. The van der Waals surface area contributed by atoms with Crippen molar-refractivity contribution in [3.8, 4) is 0 Å². The number of hydrogen-bond acceptors (Lipinski definition) is 2. The van der Waals surface area contributed by atoms with Crippen molar-refractivity contribution in [3.05, 3.63) is 6.92 Å². The summed E-state index contributed by atoms with van der Waals surface area (Å²) in [4.78, 5) is 20.0. The second kappa shape index (κ2) is 15.4. The summed E-state index contributed by atoms with van der Waals surface area (Å²) in [5, 5.41) is 16.5. The van der Waals surface area contributed by atoms with Crippen LogP contribution in [-0.4, -0.2) is 22.2 Å². The van der Waals surface area contributed by atoms with E-state index in [-0.39, 0.29) is 35.9 Å². The van der Waals surface area contributed by atoms with Crippen LogP contribution in [0.3, 0.4) is 0 Å². The summed E-state index contributed by atoms with van der Waals surface area (Å²) in [6.45, 7) is 15.7. The van der Waals surface area contributed by atoms with Crippen LogP contribution in [0, 0.1) is 17.8 Å². The Balaban J connectivity index is -0.0000000555. The molecule has 0 rings (SSSR count). The van der Waals surface area contributed by atoms with Gasteiger partial charge in [0.25, 0.3) is 0 Å². The van der Waals surface area contributed by atoms with Gasteiger partial charge in [-0.2, -0.15) is 6.42 Å². The van der Waals surface area contributed by atoms with Gasteiger partial charge >= 0.3 is 30.8 Å². The van der Waals surface area contributed by atoms with Crippen molar-refractivity contribution in [2.24, 2.45) is 10.8 Å². The third kappa shape index (κ3) is 30.8. The fourth-order valence-electron chi connectivity index (χ4n) is 0. The van der Waals surface area contributed by atoms with E-state index in [1.165, 1.54) is 6.42 Å². The summed E-state index contributed by atoms with van der Waals surface area (Å²) >= 11 is 0. The average Bonchev–Trinajstić information content (AvgIpc) is 2.16. The molecule has 0 aromatic rings. The van der Waals surface area contributed by atoms with Gasteiger partial charge in [0.1, 0.15) is 0 Å². The Hall–Kier alpha value is 0.0569. The summed E-state index contributed by atoms with van der Waals surface area (Å²) in [6, 6.07) is 0. The van der Waals surface area contributed by atoms with Crippen molar-refractivity contribution in [1.82, 2.24) is 0 Å². The van der Waals surface area contributed by atoms with E-state index in [9.17, 15) is 9.59 Å². The van der Waals surface area contributed by atoms with E-state index in [4.69, 9.17) is 10.2 Å². The minimum atomic E-state index is -0.757. The standard InChI is InChI=1S/2C5H10O2.C4H9.Li.Mn/c2*1-5(2,3)4(6)7;1-3-4-2;;/h2*1-3H3,(H,6,7);1,3-4H2,2H3;;/q;;-1;+1;. The normalized spacial score (nSPS) is 9.40. The maximum Gasteiger partial charge on any atom is 1.00 e. The molecule has 0 aromatic carbocycles. The molecule has 0 unspecified atom stereocenters. The van der Waals surface area contributed by atoms with Gasteiger partial charge in [-0.3, -0.25) is 9.59 Å². The van der Waals surface area contributed by atoms with Gasteiger partial charge in [0.15, 0.2) is 0 Å². The number of carboxylic acid groups (broad SMARTS) is 2. The Morgan fingerprint density at radius 3 is 1.00 bits per heavy atom. The van der Waals surface area contributed by atoms with Crippen LogP contribution in [0.2, 0.25) is 0 Å². The number of carboxylic acids is 2. The van der Waals surface area contributed by atoms with Crippen molar-refractivity contribution < 1.29 is 55.7 Å². The molecule has 0 aliphatic rings. The molecular weight excluding hydrogens is 294 g/mol. The number of aliphatic carboxylic acids is 2. The second-order valence-electron chi connectivity index (χ2n) is 5.96. The van der Waals surface area contributed by atoms with Crippen LogP contribution in [0.25, 0.3) is 0 Å². The number of carbonyl (C=O) groups is 2. The van der Waals surface area contributed by atoms with Crippen molar-refractivity contribution >= 4 is 11.9 Å².